The van der Waals surface area contributed by atoms with E-state index in [4.69, 9.17) is 0 Å². The highest BCUT2D eigenvalue weighted by Crippen LogP contribution is 2.27. The molecule has 0 saturated heterocycles. The smallest absolute Gasteiger partial charge is 0.149 e. The van der Waals surface area contributed by atoms with Crippen molar-refractivity contribution in [2.24, 2.45) is 4.99 Å². The molecule has 0 amide bonds. The van der Waals surface area contributed by atoms with E-state index in [1.807, 2.05) is 42.5 Å². The van der Waals surface area contributed by atoms with E-state index in [9.17, 15) is 0 Å². The molecule has 94 valence electrons. The van der Waals surface area contributed by atoms with E-state index in [0.29, 0.717) is 0 Å². The predicted molar refractivity (Wildman–Crippen MR) is 81.6 cm³/mol. The SMILES string of the molecule is CSc1ccccc1/N=C/c1nc2ccccc2[nH]1. The molecule has 0 fully saturated rings. The van der Waals surface area contributed by atoms with E-state index in [1.54, 1.807) is 18.0 Å². The van der Waals surface area contributed by atoms with Gasteiger partial charge >= 0.3 is 0 Å². The molecule has 0 unspecified atom stereocenters. The van der Waals surface area contributed by atoms with Crippen LogP contribution in [-0.2, 0) is 0 Å². The molecule has 1 heterocycles. The largest absolute Gasteiger partial charge is 0.337 e. The van der Waals surface area contributed by atoms with Crippen LogP contribution in [0.4, 0.5) is 5.69 Å². The number of nitrogens with zero attached hydrogens (tertiary/aromatic N) is 2. The van der Waals surface area contributed by atoms with Crippen LogP contribution in [0.3, 0.4) is 0 Å². The summed E-state index contributed by atoms with van der Waals surface area (Å²) < 4.78 is 0. The number of rotatable bonds is 3. The molecule has 3 rings (SSSR count). The molecule has 1 N–H and O–H groups in total. The summed E-state index contributed by atoms with van der Waals surface area (Å²) in [5.41, 5.74) is 2.96. The third-order valence-electron chi connectivity index (χ3n) is 2.82. The van der Waals surface area contributed by atoms with Crippen molar-refractivity contribution in [2.45, 2.75) is 4.90 Å². The van der Waals surface area contributed by atoms with Crippen molar-refractivity contribution in [1.82, 2.24) is 9.97 Å². The van der Waals surface area contributed by atoms with Crippen molar-refractivity contribution in [3.63, 3.8) is 0 Å². The number of aromatic nitrogens is 2. The maximum absolute atomic E-state index is 4.50. The van der Waals surface area contributed by atoms with Crippen molar-refractivity contribution in [1.29, 1.82) is 0 Å². The topological polar surface area (TPSA) is 41.0 Å². The van der Waals surface area contributed by atoms with E-state index in [2.05, 4.69) is 27.3 Å². The fourth-order valence-electron chi connectivity index (χ4n) is 1.90. The van der Waals surface area contributed by atoms with Gasteiger partial charge in [-0.1, -0.05) is 24.3 Å². The lowest BCUT2D eigenvalue weighted by Gasteiger charge is -1.99. The standard InChI is InChI=1S/C15H13N3S/c1-19-14-9-5-4-8-13(14)16-10-15-17-11-6-2-3-7-12(11)18-15/h2-10H,1H3,(H,17,18)/b16-10+. The van der Waals surface area contributed by atoms with Gasteiger partial charge in [-0.3, -0.25) is 4.99 Å². The van der Waals surface area contributed by atoms with Crippen LogP contribution in [-0.4, -0.2) is 22.4 Å². The molecule has 3 aromatic rings. The molecule has 0 aliphatic carbocycles. The molecule has 1 aromatic heterocycles. The summed E-state index contributed by atoms with van der Waals surface area (Å²) in [7, 11) is 0. The highest BCUT2D eigenvalue weighted by Gasteiger charge is 2.00. The Morgan fingerprint density at radius 2 is 1.89 bits per heavy atom. The lowest BCUT2D eigenvalue weighted by Crippen LogP contribution is -1.83. The molecule has 0 radical (unpaired) electrons. The summed E-state index contributed by atoms with van der Waals surface area (Å²) in [5.74, 6) is 0.775. The first kappa shape index (κ1) is 12.0. The second kappa shape index (κ2) is 5.28. The van der Waals surface area contributed by atoms with Gasteiger partial charge in [0, 0.05) is 4.90 Å². The van der Waals surface area contributed by atoms with Gasteiger partial charge in [0.2, 0.25) is 0 Å². The lowest BCUT2D eigenvalue weighted by atomic mass is 10.3. The zero-order valence-electron chi connectivity index (χ0n) is 10.5. The van der Waals surface area contributed by atoms with Gasteiger partial charge in [0.1, 0.15) is 5.82 Å². The summed E-state index contributed by atoms with van der Waals surface area (Å²) in [5, 5.41) is 0. The van der Waals surface area contributed by atoms with Gasteiger partial charge in [-0.2, -0.15) is 0 Å². The molecular weight excluding hydrogens is 254 g/mol. The summed E-state index contributed by atoms with van der Waals surface area (Å²) in [4.78, 5) is 13.4. The molecule has 4 heteroatoms. The Kier molecular flexibility index (Phi) is 3.33. The van der Waals surface area contributed by atoms with Crippen LogP contribution >= 0.6 is 11.8 Å². The average Bonchev–Trinajstić information content (AvgIpc) is 2.88. The van der Waals surface area contributed by atoms with E-state index in [0.717, 1.165) is 27.4 Å². The maximum atomic E-state index is 4.50. The Balaban J connectivity index is 1.93. The van der Waals surface area contributed by atoms with Crippen LogP contribution in [0, 0.1) is 0 Å². The van der Waals surface area contributed by atoms with Crippen molar-refractivity contribution >= 4 is 34.7 Å². The third kappa shape index (κ3) is 2.53. The monoisotopic (exact) mass is 267 g/mol. The molecule has 0 bridgehead atoms. The number of hydrogen-bond acceptors (Lipinski definition) is 3. The van der Waals surface area contributed by atoms with Crippen LogP contribution in [0.25, 0.3) is 11.0 Å². The zero-order chi connectivity index (χ0) is 13.1. The van der Waals surface area contributed by atoms with Crippen LogP contribution in [0.2, 0.25) is 0 Å². The molecule has 0 aliphatic rings. The number of aromatic amines is 1. The second-order valence-corrected chi connectivity index (χ2v) is 4.92. The summed E-state index contributed by atoms with van der Waals surface area (Å²) in [6, 6.07) is 16.0. The first-order valence-corrected chi connectivity index (χ1v) is 7.21. The first-order valence-electron chi connectivity index (χ1n) is 5.98. The molecule has 0 aliphatic heterocycles. The van der Waals surface area contributed by atoms with E-state index in [1.165, 1.54) is 0 Å². The third-order valence-corrected chi connectivity index (χ3v) is 3.60. The van der Waals surface area contributed by atoms with Gasteiger partial charge in [-0.25, -0.2) is 4.98 Å². The summed E-state index contributed by atoms with van der Waals surface area (Å²) >= 11 is 1.69. The molecule has 0 atom stereocenters. The summed E-state index contributed by atoms with van der Waals surface area (Å²) in [6.07, 6.45) is 3.82. The van der Waals surface area contributed by atoms with Crippen LogP contribution in [0.15, 0.2) is 58.4 Å². The lowest BCUT2D eigenvalue weighted by molar-refractivity contribution is 1.29. The predicted octanol–water partition coefficient (Wildman–Crippen LogP) is 4.04. The molecule has 19 heavy (non-hydrogen) atoms. The number of fused-ring (bicyclic) bond motifs is 1. The number of aliphatic imine (C=N–C) groups is 1. The van der Waals surface area contributed by atoms with Gasteiger partial charge in [-0.15, -0.1) is 11.8 Å². The van der Waals surface area contributed by atoms with Gasteiger partial charge in [0.05, 0.1) is 22.9 Å². The normalized spacial score (nSPS) is 11.4. The Bertz CT molecular complexity index is 698. The Labute approximate surface area is 115 Å². The first-order chi connectivity index (χ1) is 9.36. The van der Waals surface area contributed by atoms with Crippen LogP contribution < -0.4 is 0 Å². The quantitative estimate of drug-likeness (QED) is 0.575. The number of H-pyrrole nitrogens is 1. The molecule has 3 nitrogen and oxygen atoms in total. The van der Waals surface area contributed by atoms with Gasteiger partial charge < -0.3 is 4.98 Å². The minimum absolute atomic E-state index is 0.775. The summed E-state index contributed by atoms with van der Waals surface area (Å²) in [6.45, 7) is 0. The van der Waals surface area contributed by atoms with Crippen LogP contribution in [0.5, 0.6) is 0 Å². The van der Waals surface area contributed by atoms with E-state index >= 15 is 0 Å². The number of benzene rings is 2. The number of para-hydroxylation sites is 3. The zero-order valence-corrected chi connectivity index (χ0v) is 11.3. The van der Waals surface area contributed by atoms with Crippen molar-refractivity contribution in [3.05, 3.63) is 54.4 Å². The van der Waals surface area contributed by atoms with E-state index in [-0.39, 0.29) is 0 Å². The average molecular weight is 267 g/mol. The maximum Gasteiger partial charge on any atom is 0.149 e. The van der Waals surface area contributed by atoms with Crippen molar-refractivity contribution < 1.29 is 0 Å². The molecular formula is C15H13N3S. The van der Waals surface area contributed by atoms with Crippen molar-refractivity contribution in [3.8, 4) is 0 Å². The number of hydrogen-bond donors (Lipinski definition) is 1. The Morgan fingerprint density at radius 3 is 2.74 bits per heavy atom. The minimum atomic E-state index is 0.775. The second-order valence-electron chi connectivity index (χ2n) is 4.07. The van der Waals surface area contributed by atoms with Gasteiger partial charge in [0.15, 0.2) is 0 Å². The Morgan fingerprint density at radius 1 is 1.11 bits per heavy atom. The number of nitrogens with one attached hydrogen (secondary N) is 1. The number of imidazole rings is 1. The minimum Gasteiger partial charge on any atom is -0.337 e. The van der Waals surface area contributed by atoms with Crippen LogP contribution in [0.1, 0.15) is 5.82 Å². The van der Waals surface area contributed by atoms with Gasteiger partial charge in [-0.05, 0) is 30.5 Å². The van der Waals surface area contributed by atoms with Gasteiger partial charge in [0.25, 0.3) is 0 Å². The Hall–Kier alpha value is -2.07. The van der Waals surface area contributed by atoms with E-state index < -0.39 is 0 Å². The fourth-order valence-corrected chi connectivity index (χ4v) is 2.45. The fraction of sp³-hybridized carbons (Fsp3) is 0.0667. The van der Waals surface area contributed by atoms with Crippen molar-refractivity contribution in [2.75, 3.05) is 6.26 Å². The molecule has 2 aromatic carbocycles. The molecule has 0 saturated carbocycles. The highest BCUT2D eigenvalue weighted by atomic mass is 32.2. The highest BCUT2D eigenvalue weighted by molar-refractivity contribution is 7.98. The molecule has 0 spiro atoms. The number of thioether (sulfide) groups is 1.